The van der Waals surface area contributed by atoms with Gasteiger partial charge < -0.3 is 9.31 Å². The van der Waals surface area contributed by atoms with Gasteiger partial charge in [-0.15, -0.1) is 0 Å². The van der Waals surface area contributed by atoms with Crippen molar-refractivity contribution < 1.29 is 9.31 Å². The van der Waals surface area contributed by atoms with E-state index in [4.69, 9.17) is 24.3 Å². The summed E-state index contributed by atoms with van der Waals surface area (Å²) in [6.45, 7) is 8.29. The summed E-state index contributed by atoms with van der Waals surface area (Å²) in [6.07, 6.45) is 0. The van der Waals surface area contributed by atoms with Crippen molar-refractivity contribution in [1.29, 1.82) is 0 Å². The Hall–Kier alpha value is -4.91. The average molecular weight is 588 g/mol. The molecule has 0 spiro atoms. The Bertz CT molecular complexity index is 1930. The highest BCUT2D eigenvalue weighted by atomic mass is 16.7. The standard InChI is InChI=1S/C39H34BN3O2/c1-38(2)39(3,4)45-40(44-38)34-25-32(28-16-10-6-11-17-28)24-33(26-34)37-42-35(30-18-12-7-13-19-30)41-36(43-37)31-22-20-29(21-23-31)27-14-8-5-9-15-27/h5-26H,1-4H3. The van der Waals surface area contributed by atoms with Crippen molar-refractivity contribution in [1.82, 2.24) is 15.0 Å². The lowest BCUT2D eigenvalue weighted by molar-refractivity contribution is 0.00578. The molecule has 1 aliphatic heterocycles. The van der Waals surface area contributed by atoms with E-state index >= 15 is 0 Å². The van der Waals surface area contributed by atoms with Crippen LogP contribution < -0.4 is 5.46 Å². The van der Waals surface area contributed by atoms with Gasteiger partial charge in [-0.1, -0.05) is 127 Å². The maximum atomic E-state index is 6.49. The number of aromatic nitrogens is 3. The molecular formula is C39H34BN3O2. The second-order valence-corrected chi connectivity index (χ2v) is 12.4. The minimum Gasteiger partial charge on any atom is -0.399 e. The lowest BCUT2D eigenvalue weighted by atomic mass is 9.77. The van der Waals surface area contributed by atoms with Gasteiger partial charge in [0.2, 0.25) is 0 Å². The van der Waals surface area contributed by atoms with Gasteiger partial charge in [0.1, 0.15) is 0 Å². The van der Waals surface area contributed by atoms with Crippen LogP contribution in [-0.2, 0) is 9.31 Å². The van der Waals surface area contributed by atoms with Crippen LogP contribution in [-0.4, -0.2) is 33.3 Å². The molecule has 1 aromatic heterocycles. The Morgan fingerprint density at radius 2 is 0.756 bits per heavy atom. The van der Waals surface area contributed by atoms with E-state index in [9.17, 15) is 0 Å². The summed E-state index contributed by atoms with van der Waals surface area (Å²) in [5, 5.41) is 0. The van der Waals surface area contributed by atoms with Gasteiger partial charge in [-0.05, 0) is 61.5 Å². The first-order valence-electron chi connectivity index (χ1n) is 15.3. The molecule has 0 atom stereocenters. The van der Waals surface area contributed by atoms with Gasteiger partial charge in [0, 0.05) is 16.7 Å². The quantitative estimate of drug-likeness (QED) is 0.183. The molecule has 6 heteroatoms. The van der Waals surface area contributed by atoms with Gasteiger partial charge in [-0.2, -0.15) is 0 Å². The van der Waals surface area contributed by atoms with Gasteiger partial charge in [0.25, 0.3) is 0 Å². The molecule has 1 fully saturated rings. The summed E-state index contributed by atoms with van der Waals surface area (Å²) < 4.78 is 13.0. The van der Waals surface area contributed by atoms with Crippen molar-refractivity contribution in [2.45, 2.75) is 38.9 Å². The summed E-state index contributed by atoms with van der Waals surface area (Å²) in [5.74, 6) is 1.81. The van der Waals surface area contributed by atoms with Crippen LogP contribution in [0.3, 0.4) is 0 Å². The van der Waals surface area contributed by atoms with Crippen LogP contribution in [0, 0.1) is 0 Å². The van der Waals surface area contributed by atoms with Gasteiger partial charge in [-0.25, -0.2) is 15.0 Å². The smallest absolute Gasteiger partial charge is 0.399 e. The first kappa shape index (κ1) is 28.8. The number of hydrogen-bond donors (Lipinski definition) is 0. The van der Waals surface area contributed by atoms with E-state index in [-0.39, 0.29) is 0 Å². The third kappa shape index (κ3) is 5.83. The predicted octanol–water partition coefficient (Wildman–Crippen LogP) is 8.51. The normalized spacial score (nSPS) is 15.2. The van der Waals surface area contributed by atoms with Crippen molar-refractivity contribution in [2.24, 2.45) is 0 Å². The molecule has 0 bridgehead atoms. The fourth-order valence-electron chi connectivity index (χ4n) is 5.49. The molecule has 2 heterocycles. The second kappa shape index (κ2) is 11.5. The summed E-state index contributed by atoms with van der Waals surface area (Å²) in [4.78, 5) is 15.0. The summed E-state index contributed by atoms with van der Waals surface area (Å²) in [5.41, 5.74) is 7.12. The maximum Gasteiger partial charge on any atom is 0.494 e. The van der Waals surface area contributed by atoms with Crippen LogP contribution in [0.2, 0.25) is 0 Å². The molecule has 5 nitrogen and oxygen atoms in total. The van der Waals surface area contributed by atoms with E-state index in [2.05, 4.69) is 107 Å². The number of nitrogens with zero attached hydrogens (tertiary/aromatic N) is 3. The van der Waals surface area contributed by atoms with Crippen LogP contribution in [0.5, 0.6) is 0 Å². The second-order valence-electron chi connectivity index (χ2n) is 12.4. The van der Waals surface area contributed by atoms with Crippen molar-refractivity contribution in [3.63, 3.8) is 0 Å². The molecule has 220 valence electrons. The Morgan fingerprint density at radius 1 is 0.400 bits per heavy atom. The molecule has 0 radical (unpaired) electrons. The molecule has 7 rings (SSSR count). The van der Waals surface area contributed by atoms with E-state index in [1.54, 1.807) is 0 Å². The third-order valence-corrected chi connectivity index (χ3v) is 8.76. The van der Waals surface area contributed by atoms with Crippen molar-refractivity contribution >= 4 is 12.6 Å². The van der Waals surface area contributed by atoms with Crippen LogP contribution in [0.25, 0.3) is 56.4 Å². The van der Waals surface area contributed by atoms with E-state index in [1.165, 1.54) is 5.56 Å². The zero-order chi connectivity index (χ0) is 31.0. The monoisotopic (exact) mass is 587 g/mol. The molecule has 45 heavy (non-hydrogen) atoms. The van der Waals surface area contributed by atoms with Gasteiger partial charge in [0.05, 0.1) is 11.2 Å². The fraction of sp³-hybridized carbons (Fsp3) is 0.154. The fourth-order valence-corrected chi connectivity index (χ4v) is 5.49. The highest BCUT2D eigenvalue weighted by Gasteiger charge is 2.51. The molecule has 0 amide bonds. The summed E-state index contributed by atoms with van der Waals surface area (Å²) in [7, 11) is -0.530. The number of hydrogen-bond acceptors (Lipinski definition) is 5. The first-order chi connectivity index (χ1) is 21.8. The van der Waals surface area contributed by atoms with Crippen molar-refractivity contribution in [3.05, 3.63) is 133 Å². The molecule has 1 saturated heterocycles. The predicted molar refractivity (Wildman–Crippen MR) is 183 cm³/mol. The number of benzene rings is 5. The lowest BCUT2D eigenvalue weighted by Gasteiger charge is -2.32. The Kier molecular flexibility index (Phi) is 7.40. The molecule has 0 N–H and O–H groups in total. The minimum atomic E-state index is -0.530. The SMILES string of the molecule is CC1(C)OB(c2cc(-c3ccccc3)cc(-c3nc(-c4ccccc4)nc(-c4ccc(-c5ccccc5)cc4)n3)c2)OC1(C)C. The molecule has 6 aromatic rings. The molecule has 0 aliphatic carbocycles. The molecule has 1 aliphatic rings. The zero-order valence-electron chi connectivity index (χ0n) is 25.9. The summed E-state index contributed by atoms with van der Waals surface area (Å²) in [6, 6.07) is 45.5. The maximum absolute atomic E-state index is 6.49. The first-order valence-corrected chi connectivity index (χ1v) is 15.3. The van der Waals surface area contributed by atoms with Crippen molar-refractivity contribution in [2.75, 3.05) is 0 Å². The van der Waals surface area contributed by atoms with E-state index < -0.39 is 18.3 Å². The van der Waals surface area contributed by atoms with E-state index in [0.717, 1.165) is 38.8 Å². The molecule has 0 unspecified atom stereocenters. The van der Waals surface area contributed by atoms with E-state index in [1.807, 2.05) is 54.6 Å². The van der Waals surface area contributed by atoms with Crippen LogP contribution in [0.4, 0.5) is 0 Å². The van der Waals surface area contributed by atoms with Gasteiger partial charge in [-0.3, -0.25) is 0 Å². The minimum absolute atomic E-state index is 0.465. The zero-order valence-corrected chi connectivity index (χ0v) is 25.9. The van der Waals surface area contributed by atoms with Gasteiger partial charge >= 0.3 is 7.12 Å². The highest BCUT2D eigenvalue weighted by molar-refractivity contribution is 6.62. The van der Waals surface area contributed by atoms with Gasteiger partial charge in [0.15, 0.2) is 17.5 Å². The number of rotatable bonds is 6. The Balaban J connectivity index is 1.37. The molecule has 5 aromatic carbocycles. The largest absolute Gasteiger partial charge is 0.494 e. The van der Waals surface area contributed by atoms with Crippen LogP contribution >= 0.6 is 0 Å². The average Bonchev–Trinajstić information content (AvgIpc) is 3.31. The third-order valence-electron chi connectivity index (χ3n) is 8.76. The highest BCUT2D eigenvalue weighted by Crippen LogP contribution is 2.37. The van der Waals surface area contributed by atoms with Crippen LogP contribution in [0.1, 0.15) is 27.7 Å². The summed E-state index contributed by atoms with van der Waals surface area (Å²) >= 11 is 0. The van der Waals surface area contributed by atoms with E-state index in [0.29, 0.717) is 17.5 Å². The lowest BCUT2D eigenvalue weighted by Crippen LogP contribution is -2.41. The molecular weight excluding hydrogens is 553 g/mol. The molecule has 0 saturated carbocycles. The van der Waals surface area contributed by atoms with Crippen molar-refractivity contribution in [3.8, 4) is 56.4 Å². The Morgan fingerprint density at radius 3 is 1.27 bits per heavy atom. The Labute approximate surface area is 265 Å². The topological polar surface area (TPSA) is 57.1 Å². The van der Waals surface area contributed by atoms with Crippen LogP contribution in [0.15, 0.2) is 133 Å².